The van der Waals surface area contributed by atoms with Gasteiger partial charge in [0, 0.05) is 6.54 Å². The third kappa shape index (κ3) is 4.99. The standard InChI is InChI=1S/C21H32N2O3/c1-5-22-19(25)21(13-9-6-10-14-21)23-18(24)15-26-17-12-8-7-11-16(17)20(2,3)4/h7-8,11-12H,5-6,9-10,13-15H2,1-4H3,(H,22,25)(H,23,24). The van der Waals surface area contributed by atoms with Crippen molar-refractivity contribution in [3.63, 3.8) is 0 Å². The first-order valence-electron chi connectivity index (χ1n) is 9.60. The molecule has 0 atom stereocenters. The molecule has 0 saturated heterocycles. The topological polar surface area (TPSA) is 67.4 Å². The van der Waals surface area contributed by atoms with Crippen LogP contribution in [0.3, 0.4) is 0 Å². The molecule has 0 spiro atoms. The van der Waals surface area contributed by atoms with Crippen LogP contribution in [0.4, 0.5) is 0 Å². The number of nitrogens with one attached hydrogen (secondary N) is 2. The van der Waals surface area contributed by atoms with E-state index in [0.29, 0.717) is 25.1 Å². The van der Waals surface area contributed by atoms with Gasteiger partial charge in [0.2, 0.25) is 5.91 Å². The van der Waals surface area contributed by atoms with Gasteiger partial charge in [-0.1, -0.05) is 58.2 Å². The molecule has 2 rings (SSSR count). The van der Waals surface area contributed by atoms with E-state index in [-0.39, 0.29) is 23.8 Å². The van der Waals surface area contributed by atoms with Crippen molar-refractivity contribution >= 4 is 11.8 Å². The van der Waals surface area contributed by atoms with Crippen LogP contribution in [0.2, 0.25) is 0 Å². The predicted octanol–water partition coefficient (Wildman–Crippen LogP) is 3.32. The highest BCUT2D eigenvalue weighted by Gasteiger charge is 2.40. The first kappa shape index (κ1) is 20.3. The maximum absolute atomic E-state index is 12.5. The molecule has 1 saturated carbocycles. The molecule has 1 aliphatic rings. The first-order valence-corrected chi connectivity index (χ1v) is 9.60. The largest absolute Gasteiger partial charge is 0.483 e. The van der Waals surface area contributed by atoms with Crippen LogP contribution in [-0.4, -0.2) is 30.5 Å². The van der Waals surface area contributed by atoms with Gasteiger partial charge >= 0.3 is 0 Å². The Labute approximate surface area is 156 Å². The minimum Gasteiger partial charge on any atom is -0.483 e. The zero-order chi connectivity index (χ0) is 19.2. The molecule has 0 radical (unpaired) electrons. The van der Waals surface area contributed by atoms with Gasteiger partial charge in [0.05, 0.1) is 0 Å². The van der Waals surface area contributed by atoms with E-state index < -0.39 is 5.54 Å². The maximum Gasteiger partial charge on any atom is 0.258 e. The molecular weight excluding hydrogens is 328 g/mol. The van der Waals surface area contributed by atoms with Crippen molar-refractivity contribution in [2.24, 2.45) is 0 Å². The Morgan fingerprint density at radius 3 is 2.38 bits per heavy atom. The summed E-state index contributed by atoms with van der Waals surface area (Å²) in [4.78, 5) is 25.1. The lowest BCUT2D eigenvalue weighted by molar-refractivity contribution is -0.135. The summed E-state index contributed by atoms with van der Waals surface area (Å²) in [7, 11) is 0. The Balaban J connectivity index is 2.04. The van der Waals surface area contributed by atoms with E-state index in [0.717, 1.165) is 24.8 Å². The lowest BCUT2D eigenvalue weighted by atomic mass is 9.80. The summed E-state index contributed by atoms with van der Waals surface area (Å²) in [5, 5.41) is 5.84. The number of amides is 2. The molecule has 0 heterocycles. The fourth-order valence-electron chi connectivity index (χ4n) is 3.55. The molecule has 0 bridgehead atoms. The molecule has 144 valence electrons. The van der Waals surface area contributed by atoms with Crippen LogP contribution in [0.15, 0.2) is 24.3 Å². The van der Waals surface area contributed by atoms with Crippen molar-refractivity contribution in [1.29, 1.82) is 0 Å². The normalized spacial score (nSPS) is 16.6. The number of benzene rings is 1. The molecule has 5 nitrogen and oxygen atoms in total. The smallest absolute Gasteiger partial charge is 0.258 e. The Bertz CT molecular complexity index is 628. The van der Waals surface area contributed by atoms with Gasteiger partial charge in [0.1, 0.15) is 11.3 Å². The van der Waals surface area contributed by atoms with Gasteiger partial charge in [0.25, 0.3) is 5.91 Å². The van der Waals surface area contributed by atoms with Gasteiger partial charge in [-0.05, 0) is 36.8 Å². The molecule has 26 heavy (non-hydrogen) atoms. The van der Waals surface area contributed by atoms with E-state index in [1.165, 1.54) is 0 Å². The summed E-state index contributed by atoms with van der Waals surface area (Å²) >= 11 is 0. The molecule has 1 aromatic rings. The Hall–Kier alpha value is -2.04. The Kier molecular flexibility index (Phi) is 6.68. The van der Waals surface area contributed by atoms with Crippen molar-refractivity contribution in [1.82, 2.24) is 10.6 Å². The van der Waals surface area contributed by atoms with Gasteiger partial charge in [-0.15, -0.1) is 0 Å². The van der Waals surface area contributed by atoms with Crippen LogP contribution < -0.4 is 15.4 Å². The van der Waals surface area contributed by atoms with Crippen LogP contribution in [0.5, 0.6) is 5.75 Å². The third-order valence-electron chi connectivity index (χ3n) is 4.91. The Morgan fingerprint density at radius 1 is 1.12 bits per heavy atom. The highest BCUT2D eigenvalue weighted by Crippen LogP contribution is 2.31. The van der Waals surface area contributed by atoms with Gasteiger partial charge in [-0.25, -0.2) is 0 Å². The summed E-state index contributed by atoms with van der Waals surface area (Å²) in [5.74, 6) is 0.385. The van der Waals surface area contributed by atoms with E-state index in [9.17, 15) is 9.59 Å². The number of para-hydroxylation sites is 1. The van der Waals surface area contributed by atoms with Crippen molar-refractivity contribution < 1.29 is 14.3 Å². The van der Waals surface area contributed by atoms with Gasteiger partial charge < -0.3 is 15.4 Å². The van der Waals surface area contributed by atoms with E-state index in [2.05, 4.69) is 31.4 Å². The van der Waals surface area contributed by atoms with Gasteiger partial charge in [-0.2, -0.15) is 0 Å². The molecule has 2 N–H and O–H groups in total. The van der Waals surface area contributed by atoms with Gasteiger partial charge in [0.15, 0.2) is 6.61 Å². The minimum atomic E-state index is -0.793. The second-order valence-electron chi connectivity index (χ2n) is 8.09. The number of likely N-dealkylation sites (N-methyl/N-ethyl adjacent to an activating group) is 1. The molecule has 0 aliphatic heterocycles. The summed E-state index contributed by atoms with van der Waals surface area (Å²) in [5.41, 5.74) is 0.195. The summed E-state index contributed by atoms with van der Waals surface area (Å²) in [6, 6.07) is 7.78. The van der Waals surface area contributed by atoms with Crippen molar-refractivity contribution in [3.05, 3.63) is 29.8 Å². The number of ether oxygens (including phenoxy) is 1. The summed E-state index contributed by atoms with van der Waals surface area (Å²) in [6.45, 7) is 8.70. The fraction of sp³-hybridized carbons (Fsp3) is 0.619. The molecule has 2 amide bonds. The molecule has 5 heteroatoms. The molecular formula is C21H32N2O3. The van der Waals surface area contributed by atoms with Crippen molar-refractivity contribution in [3.8, 4) is 5.75 Å². The number of rotatable bonds is 6. The number of hydrogen-bond acceptors (Lipinski definition) is 3. The van der Waals surface area contributed by atoms with Crippen molar-refractivity contribution in [2.45, 2.75) is 70.8 Å². The quantitative estimate of drug-likeness (QED) is 0.818. The number of carbonyl (C=O) groups excluding carboxylic acids is 2. The third-order valence-corrected chi connectivity index (χ3v) is 4.91. The van der Waals surface area contributed by atoms with Crippen LogP contribution in [0.1, 0.15) is 65.4 Å². The lowest BCUT2D eigenvalue weighted by Crippen LogP contribution is -2.60. The number of hydrogen-bond donors (Lipinski definition) is 2. The monoisotopic (exact) mass is 360 g/mol. The highest BCUT2D eigenvalue weighted by atomic mass is 16.5. The average Bonchev–Trinajstić information content (AvgIpc) is 2.60. The van der Waals surface area contributed by atoms with Crippen LogP contribution in [0.25, 0.3) is 0 Å². The summed E-state index contributed by atoms with van der Waals surface area (Å²) < 4.78 is 5.81. The first-order chi connectivity index (χ1) is 12.3. The van der Waals surface area contributed by atoms with E-state index in [1.54, 1.807) is 0 Å². The van der Waals surface area contributed by atoms with E-state index in [1.807, 2.05) is 31.2 Å². The highest BCUT2D eigenvalue weighted by molar-refractivity contribution is 5.92. The Morgan fingerprint density at radius 2 is 1.77 bits per heavy atom. The lowest BCUT2D eigenvalue weighted by Gasteiger charge is -2.36. The second kappa shape index (κ2) is 8.56. The fourth-order valence-corrected chi connectivity index (χ4v) is 3.55. The molecule has 1 aromatic carbocycles. The zero-order valence-electron chi connectivity index (χ0n) is 16.5. The van der Waals surface area contributed by atoms with Crippen molar-refractivity contribution in [2.75, 3.05) is 13.2 Å². The van der Waals surface area contributed by atoms with Crippen LogP contribution in [-0.2, 0) is 15.0 Å². The zero-order valence-corrected chi connectivity index (χ0v) is 16.5. The van der Waals surface area contributed by atoms with E-state index in [4.69, 9.17) is 4.74 Å². The van der Waals surface area contributed by atoms with Crippen LogP contribution in [0, 0.1) is 0 Å². The maximum atomic E-state index is 12.5. The molecule has 1 fully saturated rings. The van der Waals surface area contributed by atoms with E-state index >= 15 is 0 Å². The van der Waals surface area contributed by atoms with Gasteiger partial charge in [-0.3, -0.25) is 9.59 Å². The average molecular weight is 360 g/mol. The second-order valence-corrected chi connectivity index (χ2v) is 8.09. The summed E-state index contributed by atoms with van der Waals surface area (Å²) in [6.07, 6.45) is 4.37. The number of carbonyl (C=O) groups is 2. The molecule has 0 aromatic heterocycles. The minimum absolute atomic E-state index is 0.0708. The molecule has 1 aliphatic carbocycles. The predicted molar refractivity (Wildman–Crippen MR) is 103 cm³/mol. The SMILES string of the molecule is CCNC(=O)C1(NC(=O)COc2ccccc2C(C)(C)C)CCCCC1. The van der Waals surface area contributed by atoms with Crippen LogP contribution >= 0.6 is 0 Å². The molecule has 0 unspecified atom stereocenters.